The van der Waals surface area contributed by atoms with Crippen molar-refractivity contribution in [3.05, 3.63) is 71.0 Å². The topological polar surface area (TPSA) is 41.6 Å². The quantitative estimate of drug-likeness (QED) is 0.839. The molecule has 0 radical (unpaired) electrons. The second-order valence-corrected chi connectivity index (χ2v) is 8.18. The maximum absolute atomic E-state index is 13.4. The van der Waals surface area contributed by atoms with Gasteiger partial charge in [-0.1, -0.05) is 36.4 Å². The van der Waals surface area contributed by atoms with Gasteiger partial charge in [0.05, 0.1) is 13.2 Å². The normalized spacial score (nSPS) is 24.6. The number of morpholine rings is 1. The lowest BCUT2D eigenvalue weighted by Crippen LogP contribution is -2.44. The Balaban J connectivity index is 1.49. The first-order valence-electron chi connectivity index (χ1n) is 10.5. The summed E-state index contributed by atoms with van der Waals surface area (Å²) in [7, 11) is 0. The first-order valence-corrected chi connectivity index (χ1v) is 10.5. The number of benzene rings is 2. The maximum atomic E-state index is 13.4. The monoisotopic (exact) mass is 396 g/mol. The molecule has 1 heterocycles. The molecule has 1 aliphatic heterocycles. The fourth-order valence-electron chi connectivity index (χ4n) is 4.64. The molecule has 2 aromatic carbocycles. The maximum Gasteiger partial charge on any atom is 0.226 e. The molecular weight excluding hydrogens is 367 g/mol. The van der Waals surface area contributed by atoms with Crippen LogP contribution in [0.3, 0.4) is 0 Å². The van der Waals surface area contributed by atoms with E-state index < -0.39 is 0 Å². The first-order chi connectivity index (χ1) is 14.1. The van der Waals surface area contributed by atoms with Gasteiger partial charge in [-0.05, 0) is 54.5 Å². The van der Waals surface area contributed by atoms with Crippen molar-refractivity contribution in [1.82, 2.24) is 10.2 Å². The van der Waals surface area contributed by atoms with E-state index in [2.05, 4.69) is 36.5 Å². The van der Waals surface area contributed by atoms with Gasteiger partial charge < -0.3 is 15.0 Å². The fraction of sp³-hybridized carbons (Fsp3) is 0.458. The lowest BCUT2D eigenvalue weighted by Gasteiger charge is -2.31. The van der Waals surface area contributed by atoms with Crippen LogP contribution in [0.4, 0.5) is 4.39 Å². The number of amides is 1. The van der Waals surface area contributed by atoms with Gasteiger partial charge in [-0.15, -0.1) is 0 Å². The van der Waals surface area contributed by atoms with Crippen LogP contribution in [0, 0.1) is 18.7 Å². The minimum absolute atomic E-state index is 0.0760. The van der Waals surface area contributed by atoms with Gasteiger partial charge in [-0.2, -0.15) is 0 Å². The Hall–Kier alpha value is -2.24. The molecule has 29 heavy (non-hydrogen) atoms. The third-order valence-electron chi connectivity index (χ3n) is 6.34. The van der Waals surface area contributed by atoms with Crippen LogP contribution in [-0.4, -0.2) is 43.2 Å². The van der Waals surface area contributed by atoms with Crippen molar-refractivity contribution >= 4 is 5.91 Å². The zero-order chi connectivity index (χ0) is 20.2. The molecule has 2 aliphatic rings. The molecule has 0 aromatic heterocycles. The molecule has 0 unspecified atom stereocenters. The van der Waals surface area contributed by atoms with Crippen LogP contribution in [-0.2, 0) is 16.1 Å². The van der Waals surface area contributed by atoms with Crippen molar-refractivity contribution in [3.8, 4) is 0 Å². The Morgan fingerprint density at radius 1 is 1.10 bits per heavy atom. The molecule has 2 fully saturated rings. The summed E-state index contributed by atoms with van der Waals surface area (Å²) in [6, 6.07) is 15.3. The molecule has 2 aromatic rings. The van der Waals surface area contributed by atoms with Crippen LogP contribution in [0.25, 0.3) is 0 Å². The zero-order valence-corrected chi connectivity index (χ0v) is 16.9. The van der Waals surface area contributed by atoms with Gasteiger partial charge in [0.1, 0.15) is 5.82 Å². The fourth-order valence-corrected chi connectivity index (χ4v) is 4.64. The Bertz CT molecular complexity index is 833. The highest BCUT2D eigenvalue weighted by Gasteiger charge is 2.41. The van der Waals surface area contributed by atoms with Gasteiger partial charge in [0, 0.05) is 31.6 Å². The second kappa shape index (κ2) is 9.06. The van der Waals surface area contributed by atoms with Gasteiger partial charge in [0.2, 0.25) is 5.91 Å². The first kappa shape index (κ1) is 20.0. The highest BCUT2D eigenvalue weighted by atomic mass is 19.1. The predicted molar refractivity (Wildman–Crippen MR) is 111 cm³/mol. The summed E-state index contributed by atoms with van der Waals surface area (Å²) in [6.45, 7) is 5.45. The van der Waals surface area contributed by atoms with E-state index in [-0.39, 0.29) is 29.6 Å². The molecule has 0 spiro atoms. The molecule has 0 bridgehead atoms. The average molecular weight is 397 g/mol. The third kappa shape index (κ3) is 4.68. The van der Waals surface area contributed by atoms with Crippen LogP contribution < -0.4 is 5.32 Å². The summed E-state index contributed by atoms with van der Waals surface area (Å²) in [5, 5.41) is 3.67. The molecule has 1 amide bonds. The summed E-state index contributed by atoms with van der Waals surface area (Å²) in [6.07, 6.45) is 1.70. The summed E-state index contributed by atoms with van der Waals surface area (Å²) in [5.74, 6) is 0.00749. The third-order valence-corrected chi connectivity index (χ3v) is 6.34. The molecule has 5 heteroatoms. The van der Waals surface area contributed by atoms with E-state index in [1.807, 2.05) is 17.0 Å². The highest BCUT2D eigenvalue weighted by Crippen LogP contribution is 2.41. The Morgan fingerprint density at radius 2 is 1.83 bits per heavy atom. The van der Waals surface area contributed by atoms with E-state index in [1.165, 1.54) is 23.3 Å². The van der Waals surface area contributed by atoms with Crippen LogP contribution in [0.15, 0.2) is 48.5 Å². The lowest BCUT2D eigenvalue weighted by molar-refractivity contribution is -0.140. The van der Waals surface area contributed by atoms with Gasteiger partial charge in [0.25, 0.3) is 0 Å². The van der Waals surface area contributed by atoms with Gasteiger partial charge in [-0.3, -0.25) is 4.79 Å². The average Bonchev–Trinajstić information content (AvgIpc) is 3.18. The predicted octanol–water partition coefficient (Wildman–Crippen LogP) is 3.64. The number of hydrogen-bond donors (Lipinski definition) is 1. The smallest absolute Gasteiger partial charge is 0.226 e. The van der Waals surface area contributed by atoms with Crippen molar-refractivity contribution in [2.45, 2.75) is 38.3 Å². The largest absolute Gasteiger partial charge is 0.378 e. The number of nitrogens with one attached hydrogen (secondary N) is 1. The number of ether oxygens (including phenoxy) is 1. The van der Waals surface area contributed by atoms with E-state index in [9.17, 15) is 9.18 Å². The molecule has 4 rings (SSSR count). The van der Waals surface area contributed by atoms with E-state index in [0.717, 1.165) is 24.9 Å². The Kier molecular flexibility index (Phi) is 6.26. The van der Waals surface area contributed by atoms with Gasteiger partial charge in [-0.25, -0.2) is 4.39 Å². The summed E-state index contributed by atoms with van der Waals surface area (Å²) in [4.78, 5) is 15.2. The van der Waals surface area contributed by atoms with Crippen molar-refractivity contribution in [2.24, 2.45) is 5.92 Å². The molecule has 3 atom stereocenters. The minimum Gasteiger partial charge on any atom is -0.378 e. The van der Waals surface area contributed by atoms with Crippen molar-refractivity contribution < 1.29 is 13.9 Å². The number of hydrogen-bond acceptors (Lipinski definition) is 3. The number of nitrogens with zero attached hydrogens (tertiary/aromatic N) is 1. The molecule has 4 nitrogen and oxygen atoms in total. The Labute approximate surface area is 172 Å². The number of rotatable bonds is 5. The zero-order valence-electron chi connectivity index (χ0n) is 16.9. The SMILES string of the molecule is Cc1ccccc1CN[C@@H]1C[C@H](C(=O)N2CCOCC2)[C@@H](c2ccc(F)cc2)C1. The molecule has 1 saturated carbocycles. The standard InChI is InChI=1S/C24H29FN2O2/c1-17-4-2-3-5-19(17)16-26-21-14-22(18-6-8-20(25)9-7-18)23(15-21)24(28)27-10-12-29-13-11-27/h2-9,21-23,26H,10-16H2,1H3/t21-,22+,23-/m0/s1. The second-order valence-electron chi connectivity index (χ2n) is 8.18. The van der Waals surface area contributed by atoms with Crippen LogP contribution in [0.2, 0.25) is 0 Å². The summed E-state index contributed by atoms with van der Waals surface area (Å²) < 4.78 is 18.9. The number of carbonyl (C=O) groups excluding carboxylic acids is 1. The lowest BCUT2D eigenvalue weighted by atomic mass is 9.88. The van der Waals surface area contributed by atoms with E-state index in [0.29, 0.717) is 26.3 Å². The number of aryl methyl sites for hydroxylation is 1. The van der Waals surface area contributed by atoms with Crippen LogP contribution >= 0.6 is 0 Å². The number of carbonyl (C=O) groups is 1. The Morgan fingerprint density at radius 3 is 2.55 bits per heavy atom. The van der Waals surface area contributed by atoms with Crippen molar-refractivity contribution in [3.63, 3.8) is 0 Å². The summed E-state index contributed by atoms with van der Waals surface area (Å²) >= 11 is 0. The van der Waals surface area contributed by atoms with E-state index in [1.54, 1.807) is 0 Å². The van der Waals surface area contributed by atoms with E-state index >= 15 is 0 Å². The molecule has 1 saturated heterocycles. The summed E-state index contributed by atoms with van der Waals surface area (Å²) in [5.41, 5.74) is 3.61. The minimum atomic E-state index is -0.239. The van der Waals surface area contributed by atoms with Gasteiger partial charge in [0.15, 0.2) is 0 Å². The van der Waals surface area contributed by atoms with Crippen LogP contribution in [0.5, 0.6) is 0 Å². The van der Waals surface area contributed by atoms with Gasteiger partial charge >= 0.3 is 0 Å². The van der Waals surface area contributed by atoms with E-state index in [4.69, 9.17) is 4.74 Å². The van der Waals surface area contributed by atoms with Crippen molar-refractivity contribution in [1.29, 1.82) is 0 Å². The van der Waals surface area contributed by atoms with Crippen molar-refractivity contribution in [2.75, 3.05) is 26.3 Å². The number of halogens is 1. The van der Waals surface area contributed by atoms with Crippen LogP contribution in [0.1, 0.15) is 35.4 Å². The molecular formula is C24H29FN2O2. The molecule has 1 aliphatic carbocycles. The highest BCUT2D eigenvalue weighted by molar-refractivity contribution is 5.80. The molecule has 154 valence electrons. The molecule has 1 N–H and O–H groups in total.